The molecule has 0 spiro atoms. The second kappa shape index (κ2) is 15.7. The minimum Gasteiger partial charge on any atom is -0.550 e. The van der Waals surface area contributed by atoms with Crippen molar-refractivity contribution in [2.24, 2.45) is 0 Å². The van der Waals surface area contributed by atoms with Gasteiger partial charge in [0.25, 0.3) is 0 Å². The van der Waals surface area contributed by atoms with Gasteiger partial charge in [-0.2, -0.15) is 0 Å². The summed E-state index contributed by atoms with van der Waals surface area (Å²) in [6, 6.07) is 0. The Hall–Kier alpha value is 0.236. The molecule has 0 aromatic rings. The van der Waals surface area contributed by atoms with E-state index in [2.05, 4.69) is 6.58 Å². The zero-order valence-electron chi connectivity index (χ0n) is 14.3. The van der Waals surface area contributed by atoms with Gasteiger partial charge in [-0.05, 0) is 25.7 Å². The minimum absolute atomic E-state index is 0. The van der Waals surface area contributed by atoms with Crippen LogP contribution < -0.4 is 56.5 Å². The van der Waals surface area contributed by atoms with Gasteiger partial charge >= 0.3 is 57.4 Å². The third-order valence-electron chi connectivity index (χ3n) is 3.96. The van der Waals surface area contributed by atoms with Crippen LogP contribution in [0.1, 0.15) is 44.9 Å². The van der Waals surface area contributed by atoms with Gasteiger partial charge in [0.1, 0.15) is 6.54 Å². The number of nitrogens with zero attached hydrogens (tertiary/aromatic N) is 1. The van der Waals surface area contributed by atoms with E-state index < -0.39 is 11.9 Å². The van der Waals surface area contributed by atoms with Crippen molar-refractivity contribution >= 4 is 11.9 Å². The van der Waals surface area contributed by atoms with E-state index in [-0.39, 0.29) is 70.8 Å². The van der Waals surface area contributed by atoms with Crippen molar-refractivity contribution in [3.05, 3.63) is 12.7 Å². The van der Waals surface area contributed by atoms with Crippen LogP contribution in [0.15, 0.2) is 12.7 Å². The van der Waals surface area contributed by atoms with Gasteiger partial charge in [-0.3, -0.25) is 4.79 Å². The first-order valence-corrected chi connectivity index (χ1v) is 7.94. The number of carbonyl (C=O) groups excluding carboxylic acids is 1. The van der Waals surface area contributed by atoms with Crippen molar-refractivity contribution in [1.29, 1.82) is 0 Å². The summed E-state index contributed by atoms with van der Waals surface area (Å²) in [5.74, 6) is -2.04. The molecule has 23 heavy (non-hydrogen) atoms. The largest absolute Gasteiger partial charge is 1.00 e. The topological polar surface area (TPSA) is 97.7 Å². The van der Waals surface area contributed by atoms with Gasteiger partial charge in [-0.25, -0.2) is 0 Å². The second-order valence-corrected chi connectivity index (χ2v) is 5.72. The van der Waals surface area contributed by atoms with Crippen molar-refractivity contribution in [3.63, 3.8) is 0 Å². The fourth-order valence-corrected chi connectivity index (χ4v) is 2.63. The van der Waals surface area contributed by atoms with Gasteiger partial charge in [0, 0.05) is 12.4 Å². The van der Waals surface area contributed by atoms with Crippen molar-refractivity contribution in [2.75, 3.05) is 32.8 Å². The van der Waals surface area contributed by atoms with Crippen LogP contribution in [-0.2, 0) is 9.59 Å². The van der Waals surface area contributed by atoms with E-state index in [0.29, 0.717) is 30.7 Å². The molecular formula is C16H29KNO5+. The van der Waals surface area contributed by atoms with Gasteiger partial charge in [0.05, 0.1) is 32.7 Å². The molecule has 2 N–H and O–H groups in total. The molecule has 0 rings (SSSR count). The molecule has 1 unspecified atom stereocenters. The summed E-state index contributed by atoms with van der Waals surface area (Å²) in [5.41, 5.74) is 0. The third-order valence-corrected chi connectivity index (χ3v) is 3.96. The van der Waals surface area contributed by atoms with E-state index in [0.717, 1.165) is 32.1 Å². The molecule has 0 heterocycles. The van der Waals surface area contributed by atoms with Crippen LogP contribution in [0.5, 0.6) is 0 Å². The maximum Gasteiger partial charge on any atom is 1.00 e. The Balaban J connectivity index is 0. The summed E-state index contributed by atoms with van der Waals surface area (Å²) < 4.78 is 0.332. The minimum atomic E-state index is -1.14. The van der Waals surface area contributed by atoms with Crippen LogP contribution in [-0.4, -0.2) is 59.4 Å². The number of hydrogen-bond acceptors (Lipinski definition) is 4. The van der Waals surface area contributed by atoms with Gasteiger partial charge in [0.2, 0.25) is 0 Å². The van der Waals surface area contributed by atoms with Crippen LogP contribution in [0.4, 0.5) is 0 Å². The summed E-state index contributed by atoms with van der Waals surface area (Å²) in [7, 11) is 0. The number of aliphatic carboxylic acids is 2. The average Bonchev–Trinajstić information content (AvgIpc) is 2.46. The van der Waals surface area contributed by atoms with Crippen molar-refractivity contribution < 1.29 is 80.8 Å². The Labute approximate surface area is 181 Å². The zero-order valence-corrected chi connectivity index (χ0v) is 17.5. The Morgan fingerprint density at radius 1 is 1.00 bits per heavy atom. The monoisotopic (exact) mass is 354 g/mol. The predicted molar refractivity (Wildman–Crippen MR) is 82.0 cm³/mol. The maximum atomic E-state index is 10.8. The van der Waals surface area contributed by atoms with Crippen LogP contribution >= 0.6 is 0 Å². The number of carboxylic acids is 2. The molecule has 0 aliphatic carbocycles. The molecule has 0 bridgehead atoms. The van der Waals surface area contributed by atoms with E-state index in [1.807, 2.05) is 6.08 Å². The number of quaternary nitrogens is 1. The Morgan fingerprint density at radius 3 is 2.13 bits per heavy atom. The summed E-state index contributed by atoms with van der Waals surface area (Å²) in [6.07, 6.45) is 6.79. The smallest absolute Gasteiger partial charge is 0.550 e. The summed E-state index contributed by atoms with van der Waals surface area (Å²) in [5, 5.41) is 28.9. The van der Waals surface area contributed by atoms with Crippen molar-refractivity contribution in [3.8, 4) is 0 Å². The Morgan fingerprint density at radius 2 is 1.61 bits per heavy atom. The van der Waals surface area contributed by atoms with E-state index >= 15 is 0 Å². The Bertz CT molecular complexity index is 331. The molecule has 0 amide bonds. The van der Waals surface area contributed by atoms with E-state index in [1.165, 1.54) is 0 Å². The molecule has 128 valence electrons. The van der Waals surface area contributed by atoms with Gasteiger partial charge in [-0.15, -0.1) is 6.58 Å². The fourth-order valence-electron chi connectivity index (χ4n) is 2.63. The zero-order chi connectivity index (χ0) is 16.8. The van der Waals surface area contributed by atoms with Crippen LogP contribution in [0.3, 0.4) is 0 Å². The molecule has 0 fully saturated rings. The molecule has 0 saturated heterocycles. The summed E-state index contributed by atoms with van der Waals surface area (Å²) in [4.78, 5) is 21.6. The molecule has 1 atom stereocenters. The number of aliphatic hydroxyl groups excluding tert-OH is 1. The normalized spacial score (nSPS) is 12.9. The van der Waals surface area contributed by atoms with Gasteiger partial charge in [-0.1, -0.05) is 12.5 Å². The molecule has 0 aliphatic heterocycles. The molecule has 0 aliphatic rings. The predicted octanol–water partition coefficient (Wildman–Crippen LogP) is -2.45. The van der Waals surface area contributed by atoms with Crippen molar-refractivity contribution in [2.45, 2.75) is 44.9 Å². The quantitative estimate of drug-likeness (QED) is 0.147. The summed E-state index contributed by atoms with van der Waals surface area (Å²) in [6.45, 7) is 5.32. The SMILES string of the molecule is C=CCCCCCC[N+](CCO)(CCC(=O)[O-])CCC(=O)O.[K+]. The van der Waals surface area contributed by atoms with Crippen molar-refractivity contribution in [1.82, 2.24) is 0 Å². The number of aliphatic hydroxyl groups is 1. The van der Waals surface area contributed by atoms with Crippen LogP contribution in [0.25, 0.3) is 0 Å². The number of hydrogen-bond donors (Lipinski definition) is 2. The summed E-state index contributed by atoms with van der Waals surface area (Å²) >= 11 is 0. The average molecular weight is 355 g/mol. The third kappa shape index (κ3) is 14.3. The standard InChI is InChI=1S/C16H29NO5.K/c1-2-3-4-5-6-7-10-17(13-14-18,11-8-15(19)20)12-9-16(21)22;/h2,18H,1,3-14H2,(H-,19,20,21,22);/q;+1. The molecular weight excluding hydrogens is 325 g/mol. The molecule has 0 saturated carbocycles. The van der Waals surface area contributed by atoms with E-state index in [9.17, 15) is 19.8 Å². The number of allylic oxidation sites excluding steroid dienone is 1. The first-order valence-electron chi connectivity index (χ1n) is 7.94. The van der Waals surface area contributed by atoms with E-state index in [1.54, 1.807) is 0 Å². The second-order valence-electron chi connectivity index (χ2n) is 5.72. The van der Waals surface area contributed by atoms with Gasteiger partial charge < -0.3 is 24.6 Å². The maximum absolute atomic E-state index is 10.8. The number of carbonyl (C=O) groups is 2. The Kier molecular flexibility index (Phi) is 17.4. The first-order chi connectivity index (χ1) is 10.5. The number of unbranched alkanes of at least 4 members (excludes halogenated alkanes) is 4. The van der Waals surface area contributed by atoms with Crippen LogP contribution in [0, 0.1) is 0 Å². The van der Waals surface area contributed by atoms with E-state index in [4.69, 9.17) is 5.11 Å². The molecule has 6 nitrogen and oxygen atoms in total. The van der Waals surface area contributed by atoms with Crippen LogP contribution in [0.2, 0.25) is 0 Å². The van der Waals surface area contributed by atoms with Gasteiger partial charge in [0.15, 0.2) is 0 Å². The fraction of sp³-hybridized carbons (Fsp3) is 0.750. The molecule has 0 aromatic heterocycles. The molecule has 7 heteroatoms. The molecule has 0 aromatic carbocycles. The first kappa shape index (κ1) is 25.5. The molecule has 0 radical (unpaired) electrons. The number of carboxylic acid groups (broad SMARTS) is 2. The number of rotatable bonds is 15.